The highest BCUT2D eigenvalue weighted by molar-refractivity contribution is 5.19. The van der Waals surface area contributed by atoms with Crippen molar-refractivity contribution >= 4 is 0 Å². The van der Waals surface area contributed by atoms with Crippen molar-refractivity contribution in [3.63, 3.8) is 0 Å². The van der Waals surface area contributed by atoms with Crippen LogP contribution >= 0.6 is 0 Å². The van der Waals surface area contributed by atoms with Crippen molar-refractivity contribution < 1.29 is 8.78 Å². The van der Waals surface area contributed by atoms with E-state index >= 15 is 0 Å². The van der Waals surface area contributed by atoms with Crippen LogP contribution in [0.1, 0.15) is 44.6 Å². The summed E-state index contributed by atoms with van der Waals surface area (Å²) < 4.78 is 26.4. The number of hydrogen-bond donors (Lipinski definition) is 1. The summed E-state index contributed by atoms with van der Waals surface area (Å²) in [5, 5.41) is 0. The third-order valence-electron chi connectivity index (χ3n) is 4.54. The minimum Gasteiger partial charge on any atom is -0.327 e. The van der Waals surface area contributed by atoms with Gasteiger partial charge in [-0.2, -0.15) is 0 Å². The summed E-state index contributed by atoms with van der Waals surface area (Å²) in [6, 6.07) is 3.75. The number of halogens is 2. The van der Waals surface area contributed by atoms with Crippen molar-refractivity contribution in [3.05, 3.63) is 35.4 Å². The molecule has 1 aliphatic carbocycles. The second kappa shape index (κ2) is 6.47. The fourth-order valence-corrected chi connectivity index (χ4v) is 3.13. The largest absolute Gasteiger partial charge is 0.327 e. The highest BCUT2D eigenvalue weighted by Crippen LogP contribution is 2.32. The van der Waals surface area contributed by atoms with Gasteiger partial charge in [0, 0.05) is 12.1 Å². The molecular formula is C16H23F2N. The summed E-state index contributed by atoms with van der Waals surface area (Å²) in [5.74, 6) is 0.314. The van der Waals surface area contributed by atoms with Crippen LogP contribution in [-0.4, -0.2) is 6.04 Å². The summed E-state index contributed by atoms with van der Waals surface area (Å²) in [6.45, 7) is 2.23. The van der Waals surface area contributed by atoms with Crippen molar-refractivity contribution in [3.8, 4) is 0 Å². The summed E-state index contributed by atoms with van der Waals surface area (Å²) in [4.78, 5) is 0. The predicted molar refractivity (Wildman–Crippen MR) is 73.8 cm³/mol. The molecular weight excluding hydrogens is 244 g/mol. The zero-order valence-corrected chi connectivity index (χ0v) is 11.5. The van der Waals surface area contributed by atoms with Gasteiger partial charge in [0.25, 0.3) is 0 Å². The molecule has 1 unspecified atom stereocenters. The van der Waals surface area contributed by atoms with E-state index in [0.717, 1.165) is 24.8 Å². The van der Waals surface area contributed by atoms with E-state index in [9.17, 15) is 8.78 Å². The fraction of sp³-hybridized carbons (Fsp3) is 0.625. The first-order chi connectivity index (χ1) is 9.10. The Hall–Kier alpha value is -0.960. The van der Waals surface area contributed by atoms with Gasteiger partial charge in [-0.05, 0) is 42.7 Å². The number of nitrogens with two attached hydrogens (primary N) is 1. The standard InChI is InChI=1S/C16H23F2N/c1-2-11-3-5-12(6-4-11)16(19)9-13-7-8-14(17)10-15(13)18/h7-8,10-12,16H,2-6,9,19H2,1H3. The Morgan fingerprint density at radius 3 is 2.47 bits per heavy atom. The normalized spacial score (nSPS) is 25.3. The van der Waals surface area contributed by atoms with Gasteiger partial charge in [-0.25, -0.2) is 8.78 Å². The summed E-state index contributed by atoms with van der Waals surface area (Å²) in [5.41, 5.74) is 6.75. The van der Waals surface area contributed by atoms with Crippen LogP contribution in [0.3, 0.4) is 0 Å². The molecule has 1 aliphatic rings. The SMILES string of the molecule is CCC1CCC(C(N)Cc2ccc(F)cc2F)CC1. The Balaban J connectivity index is 1.92. The number of hydrogen-bond acceptors (Lipinski definition) is 1. The van der Waals surface area contributed by atoms with Crippen LogP contribution in [0.4, 0.5) is 8.78 Å². The molecule has 0 saturated heterocycles. The summed E-state index contributed by atoms with van der Waals surface area (Å²) in [6.07, 6.45) is 6.51. The molecule has 0 radical (unpaired) electrons. The molecule has 1 nitrogen and oxygen atoms in total. The number of rotatable bonds is 4. The van der Waals surface area contributed by atoms with E-state index in [2.05, 4.69) is 6.92 Å². The first kappa shape index (κ1) is 14.4. The lowest BCUT2D eigenvalue weighted by Crippen LogP contribution is -2.35. The average molecular weight is 267 g/mol. The molecule has 1 aromatic carbocycles. The van der Waals surface area contributed by atoms with Crippen LogP contribution < -0.4 is 5.73 Å². The van der Waals surface area contributed by atoms with Crippen molar-refractivity contribution in [1.82, 2.24) is 0 Å². The monoisotopic (exact) mass is 267 g/mol. The van der Waals surface area contributed by atoms with Gasteiger partial charge in [0.1, 0.15) is 11.6 Å². The Morgan fingerprint density at radius 1 is 1.21 bits per heavy atom. The Bertz CT molecular complexity index is 411. The second-order valence-electron chi connectivity index (χ2n) is 5.79. The van der Waals surface area contributed by atoms with Crippen molar-refractivity contribution in [2.75, 3.05) is 0 Å². The second-order valence-corrected chi connectivity index (χ2v) is 5.79. The highest BCUT2D eigenvalue weighted by atomic mass is 19.1. The molecule has 0 spiro atoms. The molecule has 1 fully saturated rings. The van der Waals surface area contributed by atoms with Crippen LogP contribution in [0.5, 0.6) is 0 Å². The van der Waals surface area contributed by atoms with E-state index in [1.54, 1.807) is 0 Å². The minimum atomic E-state index is -0.529. The Morgan fingerprint density at radius 2 is 1.89 bits per heavy atom. The maximum atomic E-state index is 13.6. The lowest BCUT2D eigenvalue weighted by atomic mass is 9.76. The van der Waals surface area contributed by atoms with Gasteiger partial charge in [-0.3, -0.25) is 0 Å². The van der Waals surface area contributed by atoms with E-state index in [-0.39, 0.29) is 6.04 Å². The third kappa shape index (κ3) is 3.75. The van der Waals surface area contributed by atoms with Crippen LogP contribution in [0, 0.1) is 23.5 Å². The summed E-state index contributed by atoms with van der Waals surface area (Å²) in [7, 11) is 0. The van der Waals surface area contributed by atoms with Crippen molar-refractivity contribution in [2.24, 2.45) is 17.6 Å². The summed E-state index contributed by atoms with van der Waals surface area (Å²) >= 11 is 0. The number of benzene rings is 1. The molecule has 0 heterocycles. The van der Waals surface area contributed by atoms with E-state index < -0.39 is 11.6 Å². The van der Waals surface area contributed by atoms with Gasteiger partial charge in [-0.1, -0.05) is 32.3 Å². The van der Waals surface area contributed by atoms with E-state index in [1.165, 1.54) is 31.4 Å². The zero-order valence-electron chi connectivity index (χ0n) is 11.5. The first-order valence-corrected chi connectivity index (χ1v) is 7.29. The smallest absolute Gasteiger partial charge is 0.129 e. The van der Waals surface area contributed by atoms with E-state index in [1.807, 2.05) is 0 Å². The fourth-order valence-electron chi connectivity index (χ4n) is 3.13. The Kier molecular flexibility index (Phi) is 4.92. The van der Waals surface area contributed by atoms with Crippen LogP contribution in [0.15, 0.2) is 18.2 Å². The molecule has 0 amide bonds. The lowest BCUT2D eigenvalue weighted by Gasteiger charge is -2.31. The molecule has 3 heteroatoms. The van der Waals surface area contributed by atoms with Gasteiger partial charge < -0.3 is 5.73 Å². The van der Waals surface area contributed by atoms with Gasteiger partial charge in [0.15, 0.2) is 0 Å². The maximum Gasteiger partial charge on any atom is 0.129 e. The van der Waals surface area contributed by atoms with Gasteiger partial charge >= 0.3 is 0 Å². The van der Waals surface area contributed by atoms with Gasteiger partial charge in [0.05, 0.1) is 0 Å². The quantitative estimate of drug-likeness (QED) is 0.875. The van der Waals surface area contributed by atoms with E-state index in [0.29, 0.717) is 17.9 Å². The third-order valence-corrected chi connectivity index (χ3v) is 4.54. The topological polar surface area (TPSA) is 26.0 Å². The minimum absolute atomic E-state index is 0.0160. The molecule has 2 N–H and O–H groups in total. The Labute approximate surface area is 114 Å². The van der Waals surface area contributed by atoms with Crippen LogP contribution in [0.25, 0.3) is 0 Å². The van der Waals surface area contributed by atoms with Gasteiger partial charge in [-0.15, -0.1) is 0 Å². The molecule has 106 valence electrons. The zero-order chi connectivity index (χ0) is 13.8. The lowest BCUT2D eigenvalue weighted by molar-refractivity contribution is 0.237. The molecule has 1 atom stereocenters. The van der Waals surface area contributed by atoms with Crippen molar-refractivity contribution in [2.45, 2.75) is 51.5 Å². The molecule has 0 bridgehead atoms. The van der Waals surface area contributed by atoms with Crippen molar-refractivity contribution in [1.29, 1.82) is 0 Å². The highest BCUT2D eigenvalue weighted by Gasteiger charge is 2.25. The predicted octanol–water partition coefficient (Wildman–Crippen LogP) is 4.05. The average Bonchev–Trinajstić information content (AvgIpc) is 2.42. The van der Waals surface area contributed by atoms with Gasteiger partial charge in [0.2, 0.25) is 0 Å². The first-order valence-electron chi connectivity index (χ1n) is 7.29. The molecule has 1 saturated carbocycles. The molecule has 0 aromatic heterocycles. The van der Waals surface area contributed by atoms with E-state index in [4.69, 9.17) is 5.73 Å². The molecule has 0 aliphatic heterocycles. The molecule has 1 aromatic rings. The molecule has 2 rings (SSSR count). The molecule has 19 heavy (non-hydrogen) atoms. The maximum absolute atomic E-state index is 13.6. The van der Waals surface area contributed by atoms with Crippen LogP contribution in [0.2, 0.25) is 0 Å². The van der Waals surface area contributed by atoms with Crippen LogP contribution in [-0.2, 0) is 6.42 Å².